The molecule has 23 heavy (non-hydrogen) atoms. The lowest BCUT2D eigenvalue weighted by molar-refractivity contribution is -0.137. The van der Waals surface area contributed by atoms with Gasteiger partial charge in [-0.25, -0.2) is 4.68 Å². The van der Waals surface area contributed by atoms with Crippen LogP contribution >= 0.6 is 11.6 Å². The average molecular weight is 342 g/mol. The summed E-state index contributed by atoms with van der Waals surface area (Å²) in [5.41, 5.74) is 0.190. The quantitative estimate of drug-likeness (QED) is 0.891. The van der Waals surface area contributed by atoms with E-state index < -0.39 is 5.97 Å². The van der Waals surface area contributed by atoms with Gasteiger partial charge in [-0.05, 0) is 24.7 Å². The van der Waals surface area contributed by atoms with Gasteiger partial charge in [0, 0.05) is 38.9 Å². The SMILES string of the molecule is Cn1nc(Cl)cc(N2CC3(CCOCC3)CC2CC(=O)O)c1=O. The molecule has 2 aliphatic rings. The number of carbonyl (C=O) groups is 1. The monoisotopic (exact) mass is 341 g/mol. The van der Waals surface area contributed by atoms with E-state index in [9.17, 15) is 14.7 Å². The number of aryl methyl sites for hydroxylation is 1. The van der Waals surface area contributed by atoms with Gasteiger partial charge >= 0.3 is 5.97 Å². The van der Waals surface area contributed by atoms with Crippen LogP contribution < -0.4 is 10.5 Å². The Morgan fingerprint density at radius 3 is 2.87 bits per heavy atom. The molecule has 1 aromatic heterocycles. The first-order valence-corrected chi connectivity index (χ1v) is 8.08. The number of rotatable bonds is 3. The summed E-state index contributed by atoms with van der Waals surface area (Å²) in [6.07, 6.45) is 2.54. The molecular weight excluding hydrogens is 322 g/mol. The summed E-state index contributed by atoms with van der Waals surface area (Å²) < 4.78 is 6.64. The summed E-state index contributed by atoms with van der Waals surface area (Å²) in [5, 5.41) is 13.4. The van der Waals surface area contributed by atoms with Crippen LogP contribution in [0.3, 0.4) is 0 Å². The van der Waals surface area contributed by atoms with Gasteiger partial charge in [-0.2, -0.15) is 5.10 Å². The van der Waals surface area contributed by atoms with E-state index in [1.54, 1.807) is 7.05 Å². The fourth-order valence-corrected chi connectivity index (χ4v) is 3.98. The molecule has 1 spiro atoms. The van der Waals surface area contributed by atoms with Crippen LogP contribution in [0.15, 0.2) is 10.9 Å². The maximum Gasteiger partial charge on any atom is 0.305 e. The molecule has 0 saturated carbocycles. The Hall–Kier alpha value is -1.60. The average Bonchev–Trinajstić information content (AvgIpc) is 2.80. The molecule has 0 aromatic carbocycles. The van der Waals surface area contributed by atoms with Crippen LogP contribution in [-0.2, 0) is 16.6 Å². The minimum atomic E-state index is -0.860. The first kappa shape index (κ1) is 16.3. The second kappa shape index (κ2) is 6.13. The van der Waals surface area contributed by atoms with E-state index in [1.165, 1.54) is 10.7 Å². The van der Waals surface area contributed by atoms with Gasteiger partial charge in [0.25, 0.3) is 5.56 Å². The van der Waals surface area contributed by atoms with E-state index in [0.29, 0.717) is 25.4 Å². The van der Waals surface area contributed by atoms with Crippen molar-refractivity contribution in [1.29, 1.82) is 0 Å². The molecule has 0 amide bonds. The highest BCUT2D eigenvalue weighted by molar-refractivity contribution is 6.29. The van der Waals surface area contributed by atoms with Gasteiger partial charge in [-0.1, -0.05) is 11.6 Å². The highest BCUT2D eigenvalue weighted by Gasteiger charge is 2.46. The molecule has 2 aliphatic heterocycles. The summed E-state index contributed by atoms with van der Waals surface area (Å²) in [6.45, 7) is 2.02. The zero-order valence-corrected chi connectivity index (χ0v) is 13.8. The van der Waals surface area contributed by atoms with Crippen LogP contribution in [0.5, 0.6) is 0 Å². The molecule has 7 nitrogen and oxygen atoms in total. The van der Waals surface area contributed by atoms with Crippen molar-refractivity contribution in [2.45, 2.75) is 31.7 Å². The highest BCUT2D eigenvalue weighted by atomic mass is 35.5. The summed E-state index contributed by atoms with van der Waals surface area (Å²) in [5.74, 6) is -0.860. The van der Waals surface area contributed by atoms with Crippen molar-refractivity contribution < 1.29 is 14.6 Å². The molecule has 1 atom stereocenters. The molecule has 1 unspecified atom stereocenters. The Balaban J connectivity index is 1.97. The zero-order chi connectivity index (χ0) is 16.6. The number of aromatic nitrogens is 2. The van der Waals surface area contributed by atoms with Crippen LogP contribution in [0.25, 0.3) is 0 Å². The number of carboxylic acids is 1. The normalized spacial score (nSPS) is 23.4. The number of ether oxygens (including phenoxy) is 1. The third-order valence-corrected chi connectivity index (χ3v) is 5.09. The van der Waals surface area contributed by atoms with Crippen molar-refractivity contribution in [3.63, 3.8) is 0 Å². The molecular formula is C15H20ClN3O4. The lowest BCUT2D eigenvalue weighted by Gasteiger charge is -2.33. The first-order chi connectivity index (χ1) is 10.9. The van der Waals surface area contributed by atoms with Crippen molar-refractivity contribution in [3.8, 4) is 0 Å². The van der Waals surface area contributed by atoms with Crippen LogP contribution in [0.1, 0.15) is 25.7 Å². The molecule has 1 N–H and O–H groups in total. The number of halogens is 1. The minimum Gasteiger partial charge on any atom is -0.481 e. The van der Waals surface area contributed by atoms with Gasteiger partial charge in [0.15, 0.2) is 5.15 Å². The number of nitrogens with zero attached hydrogens (tertiary/aromatic N) is 3. The number of hydrogen-bond donors (Lipinski definition) is 1. The zero-order valence-electron chi connectivity index (χ0n) is 13.0. The molecule has 2 fully saturated rings. The van der Waals surface area contributed by atoms with Crippen molar-refractivity contribution in [3.05, 3.63) is 21.6 Å². The fraction of sp³-hybridized carbons (Fsp3) is 0.667. The van der Waals surface area contributed by atoms with Gasteiger partial charge in [-0.3, -0.25) is 9.59 Å². The van der Waals surface area contributed by atoms with Crippen LogP contribution in [0.2, 0.25) is 5.15 Å². The minimum absolute atomic E-state index is 0.00566. The standard InChI is InChI=1S/C15H20ClN3O4/c1-18-14(22)11(7-12(16)17-18)19-9-15(2-4-23-5-3-15)8-10(19)6-13(20)21/h7,10H,2-6,8-9H2,1H3,(H,20,21). The smallest absolute Gasteiger partial charge is 0.305 e. The Morgan fingerprint density at radius 2 is 2.22 bits per heavy atom. The van der Waals surface area contributed by atoms with Gasteiger partial charge in [0.1, 0.15) is 5.69 Å². The third kappa shape index (κ3) is 3.21. The van der Waals surface area contributed by atoms with Gasteiger partial charge in [0.05, 0.1) is 6.42 Å². The topological polar surface area (TPSA) is 84.7 Å². The molecule has 0 bridgehead atoms. The number of aliphatic carboxylic acids is 1. The molecule has 1 aromatic rings. The van der Waals surface area contributed by atoms with Gasteiger partial charge < -0.3 is 14.7 Å². The van der Waals surface area contributed by atoms with E-state index in [4.69, 9.17) is 16.3 Å². The van der Waals surface area contributed by atoms with E-state index in [1.807, 2.05) is 4.90 Å². The predicted molar refractivity (Wildman–Crippen MR) is 85.0 cm³/mol. The Labute approximate surface area is 138 Å². The van der Waals surface area contributed by atoms with Gasteiger partial charge in [-0.15, -0.1) is 0 Å². The summed E-state index contributed by atoms with van der Waals surface area (Å²) in [6, 6.07) is 1.33. The number of hydrogen-bond acceptors (Lipinski definition) is 5. The molecule has 0 radical (unpaired) electrons. The Kier molecular flexibility index (Phi) is 4.33. The number of carboxylic acid groups (broad SMARTS) is 1. The van der Waals surface area contributed by atoms with Crippen molar-refractivity contribution >= 4 is 23.3 Å². The number of anilines is 1. The van der Waals surface area contributed by atoms with Crippen LogP contribution in [0, 0.1) is 5.41 Å². The van der Waals surface area contributed by atoms with Gasteiger partial charge in [0.2, 0.25) is 0 Å². The van der Waals surface area contributed by atoms with Crippen LogP contribution in [0.4, 0.5) is 5.69 Å². The van der Waals surface area contributed by atoms with Crippen molar-refractivity contribution in [2.24, 2.45) is 12.5 Å². The Bertz CT molecular complexity index is 669. The summed E-state index contributed by atoms with van der Waals surface area (Å²) in [7, 11) is 1.55. The largest absolute Gasteiger partial charge is 0.481 e. The lowest BCUT2D eigenvalue weighted by Crippen LogP contribution is -2.38. The van der Waals surface area contributed by atoms with Crippen LogP contribution in [-0.4, -0.2) is 46.7 Å². The summed E-state index contributed by atoms with van der Waals surface area (Å²) in [4.78, 5) is 25.6. The summed E-state index contributed by atoms with van der Waals surface area (Å²) >= 11 is 6.00. The molecule has 8 heteroatoms. The first-order valence-electron chi connectivity index (χ1n) is 7.70. The van der Waals surface area contributed by atoms with E-state index in [0.717, 1.165) is 19.3 Å². The second-order valence-corrected chi connectivity index (χ2v) is 6.86. The molecule has 126 valence electrons. The third-order valence-electron chi connectivity index (χ3n) is 4.90. The maximum atomic E-state index is 12.4. The second-order valence-electron chi connectivity index (χ2n) is 6.48. The lowest BCUT2D eigenvalue weighted by atomic mass is 9.78. The fourth-order valence-electron chi connectivity index (χ4n) is 3.76. The molecule has 2 saturated heterocycles. The maximum absolute atomic E-state index is 12.4. The molecule has 0 aliphatic carbocycles. The van der Waals surface area contributed by atoms with Crippen molar-refractivity contribution in [1.82, 2.24) is 9.78 Å². The van der Waals surface area contributed by atoms with Crippen molar-refractivity contribution in [2.75, 3.05) is 24.7 Å². The molecule has 3 heterocycles. The Morgan fingerprint density at radius 1 is 1.52 bits per heavy atom. The van der Waals surface area contributed by atoms with E-state index >= 15 is 0 Å². The highest BCUT2D eigenvalue weighted by Crippen LogP contribution is 2.44. The van der Waals surface area contributed by atoms with E-state index in [2.05, 4.69) is 5.10 Å². The predicted octanol–water partition coefficient (Wildman–Crippen LogP) is 1.28. The molecule has 3 rings (SSSR count). The van der Waals surface area contributed by atoms with E-state index in [-0.39, 0.29) is 28.6 Å².